The van der Waals surface area contributed by atoms with Gasteiger partial charge in [-0.05, 0) is 71.4 Å². The van der Waals surface area contributed by atoms with Gasteiger partial charge in [-0.15, -0.1) is 0 Å². The second-order valence-electron chi connectivity index (χ2n) is 13.9. The summed E-state index contributed by atoms with van der Waals surface area (Å²) in [4.78, 5) is 10.1. The molecule has 252 valence electrons. The molecular formula is C50H32N4. The standard InChI is InChI=1S/C50H32N4/c1-4-14-33(15-5-1)44-32-45(52-50(51-44)34-16-6-2-7-17-34)37-25-24-36-29-39(27-26-35(36)28-37)54-47-23-13-11-21-41(47)43-30-48-42(31-49(43)54)40-20-10-12-22-46(40)53(48)38-18-8-3-9-19-38/h1-32H. The minimum absolute atomic E-state index is 0.717. The van der Waals surface area contributed by atoms with Crippen LogP contribution in [0.25, 0.3) is 99.7 Å². The van der Waals surface area contributed by atoms with Gasteiger partial charge in [0.15, 0.2) is 5.82 Å². The maximum Gasteiger partial charge on any atom is 0.160 e. The van der Waals surface area contributed by atoms with Gasteiger partial charge in [0.05, 0.1) is 33.5 Å². The lowest BCUT2D eigenvalue weighted by molar-refractivity contribution is 1.18. The average molecular weight is 689 g/mol. The first-order chi connectivity index (χ1) is 26.8. The van der Waals surface area contributed by atoms with Crippen LogP contribution >= 0.6 is 0 Å². The van der Waals surface area contributed by atoms with Gasteiger partial charge in [0.1, 0.15) is 0 Å². The van der Waals surface area contributed by atoms with Crippen molar-refractivity contribution in [1.29, 1.82) is 0 Å². The average Bonchev–Trinajstić information content (AvgIpc) is 3.75. The number of aromatic nitrogens is 4. The maximum atomic E-state index is 5.08. The number of rotatable bonds is 5. The van der Waals surface area contributed by atoms with Gasteiger partial charge in [-0.2, -0.15) is 0 Å². The highest BCUT2D eigenvalue weighted by Crippen LogP contribution is 2.40. The Hall–Kier alpha value is -7.30. The van der Waals surface area contributed by atoms with E-state index >= 15 is 0 Å². The van der Waals surface area contributed by atoms with Crippen molar-refractivity contribution < 1.29 is 0 Å². The summed E-state index contributed by atoms with van der Waals surface area (Å²) in [6.07, 6.45) is 0. The van der Waals surface area contributed by atoms with Crippen molar-refractivity contribution in [2.75, 3.05) is 0 Å². The van der Waals surface area contributed by atoms with Crippen molar-refractivity contribution in [3.05, 3.63) is 194 Å². The normalized spacial score (nSPS) is 11.7. The highest BCUT2D eigenvalue weighted by atomic mass is 15.0. The Balaban J connectivity index is 1.08. The van der Waals surface area contributed by atoms with Gasteiger partial charge in [0.25, 0.3) is 0 Å². The molecule has 0 saturated heterocycles. The Morgan fingerprint density at radius 1 is 0.296 bits per heavy atom. The van der Waals surface area contributed by atoms with E-state index in [2.05, 4.69) is 179 Å². The first-order valence-electron chi connectivity index (χ1n) is 18.3. The SMILES string of the molecule is c1ccc(-c2cc(-c3ccc4cc(-n5c6ccccc6c6cc7c(cc65)c5ccccc5n7-c5ccccc5)ccc4c3)nc(-c3ccccc3)n2)cc1. The molecule has 0 aliphatic carbocycles. The molecule has 0 amide bonds. The molecule has 0 aliphatic heterocycles. The Bertz CT molecular complexity index is 3140. The summed E-state index contributed by atoms with van der Waals surface area (Å²) in [5.74, 6) is 0.717. The largest absolute Gasteiger partial charge is 0.309 e. The molecule has 3 aromatic heterocycles. The second-order valence-corrected chi connectivity index (χ2v) is 13.9. The second kappa shape index (κ2) is 12.1. The molecule has 0 bridgehead atoms. The third-order valence-corrected chi connectivity index (χ3v) is 10.7. The van der Waals surface area contributed by atoms with E-state index < -0.39 is 0 Å². The molecule has 11 rings (SSSR count). The lowest BCUT2D eigenvalue weighted by atomic mass is 10.0. The Morgan fingerprint density at radius 3 is 1.44 bits per heavy atom. The third-order valence-electron chi connectivity index (χ3n) is 10.7. The van der Waals surface area contributed by atoms with E-state index in [-0.39, 0.29) is 0 Å². The van der Waals surface area contributed by atoms with Gasteiger partial charge in [0.2, 0.25) is 0 Å². The lowest BCUT2D eigenvalue weighted by Crippen LogP contribution is -1.96. The van der Waals surface area contributed by atoms with Crippen LogP contribution in [0, 0.1) is 0 Å². The van der Waals surface area contributed by atoms with E-state index in [0.29, 0.717) is 0 Å². The zero-order valence-corrected chi connectivity index (χ0v) is 29.3. The van der Waals surface area contributed by atoms with Crippen molar-refractivity contribution in [3.8, 4) is 45.3 Å². The van der Waals surface area contributed by atoms with Crippen molar-refractivity contribution in [2.24, 2.45) is 0 Å². The molecule has 8 aromatic carbocycles. The predicted octanol–water partition coefficient (Wildman–Crippen LogP) is 12.8. The van der Waals surface area contributed by atoms with E-state index in [1.54, 1.807) is 0 Å². The highest BCUT2D eigenvalue weighted by molar-refractivity contribution is 6.19. The van der Waals surface area contributed by atoms with Crippen molar-refractivity contribution in [3.63, 3.8) is 0 Å². The van der Waals surface area contributed by atoms with Crippen LogP contribution in [-0.4, -0.2) is 19.1 Å². The number of hydrogen-bond acceptors (Lipinski definition) is 2. The summed E-state index contributed by atoms with van der Waals surface area (Å²) in [6.45, 7) is 0. The van der Waals surface area contributed by atoms with Crippen LogP contribution < -0.4 is 0 Å². The quantitative estimate of drug-likeness (QED) is 0.180. The van der Waals surface area contributed by atoms with E-state index in [1.807, 2.05) is 24.3 Å². The molecule has 4 nitrogen and oxygen atoms in total. The molecule has 3 heterocycles. The van der Waals surface area contributed by atoms with Crippen LogP contribution in [0.2, 0.25) is 0 Å². The molecule has 0 aliphatic rings. The molecule has 54 heavy (non-hydrogen) atoms. The zero-order valence-electron chi connectivity index (χ0n) is 29.3. The van der Waals surface area contributed by atoms with Gasteiger partial charge >= 0.3 is 0 Å². The van der Waals surface area contributed by atoms with Crippen molar-refractivity contribution in [1.82, 2.24) is 19.1 Å². The zero-order chi connectivity index (χ0) is 35.6. The molecule has 0 radical (unpaired) electrons. The first-order valence-corrected chi connectivity index (χ1v) is 18.3. The van der Waals surface area contributed by atoms with Gasteiger partial charge < -0.3 is 9.13 Å². The first kappa shape index (κ1) is 30.3. The van der Waals surface area contributed by atoms with Crippen molar-refractivity contribution >= 4 is 54.4 Å². The Kier molecular flexibility index (Phi) is 6.82. The highest BCUT2D eigenvalue weighted by Gasteiger charge is 2.19. The van der Waals surface area contributed by atoms with Crippen LogP contribution in [0.5, 0.6) is 0 Å². The van der Waals surface area contributed by atoms with Crippen LogP contribution in [0.3, 0.4) is 0 Å². The van der Waals surface area contributed by atoms with Crippen molar-refractivity contribution in [2.45, 2.75) is 0 Å². The maximum absolute atomic E-state index is 5.08. The minimum Gasteiger partial charge on any atom is -0.309 e. The van der Waals surface area contributed by atoms with E-state index in [0.717, 1.165) is 50.7 Å². The topological polar surface area (TPSA) is 35.6 Å². The van der Waals surface area contributed by atoms with E-state index in [1.165, 1.54) is 49.0 Å². The number of para-hydroxylation sites is 3. The molecule has 11 aromatic rings. The van der Waals surface area contributed by atoms with Crippen LogP contribution in [-0.2, 0) is 0 Å². The van der Waals surface area contributed by atoms with E-state index in [9.17, 15) is 0 Å². The monoisotopic (exact) mass is 688 g/mol. The fraction of sp³-hybridized carbons (Fsp3) is 0. The summed E-state index contributed by atoms with van der Waals surface area (Å²) in [6, 6.07) is 69.1. The molecule has 0 atom stereocenters. The number of nitrogens with zero attached hydrogens (tertiary/aromatic N) is 4. The molecule has 0 fully saturated rings. The van der Waals surface area contributed by atoms with Gasteiger partial charge in [-0.25, -0.2) is 9.97 Å². The summed E-state index contributed by atoms with van der Waals surface area (Å²) >= 11 is 0. The van der Waals surface area contributed by atoms with Crippen LogP contribution in [0.1, 0.15) is 0 Å². The van der Waals surface area contributed by atoms with Gasteiger partial charge in [-0.3, -0.25) is 0 Å². The molecular weight excluding hydrogens is 657 g/mol. The fourth-order valence-electron chi connectivity index (χ4n) is 8.16. The summed E-state index contributed by atoms with van der Waals surface area (Å²) in [5, 5.41) is 7.29. The number of benzene rings is 8. The van der Waals surface area contributed by atoms with Crippen LogP contribution in [0.4, 0.5) is 0 Å². The molecule has 4 heteroatoms. The number of hydrogen-bond donors (Lipinski definition) is 0. The van der Waals surface area contributed by atoms with E-state index in [4.69, 9.17) is 9.97 Å². The molecule has 0 spiro atoms. The van der Waals surface area contributed by atoms with Crippen LogP contribution in [0.15, 0.2) is 194 Å². The minimum atomic E-state index is 0.717. The summed E-state index contributed by atoms with van der Waals surface area (Å²) in [5.41, 5.74) is 12.0. The third kappa shape index (κ3) is 4.85. The fourth-order valence-corrected chi connectivity index (χ4v) is 8.16. The van der Waals surface area contributed by atoms with Gasteiger partial charge in [0, 0.05) is 49.6 Å². The Labute approximate surface area is 311 Å². The summed E-state index contributed by atoms with van der Waals surface area (Å²) < 4.78 is 4.82. The molecule has 0 unspecified atom stereocenters. The summed E-state index contributed by atoms with van der Waals surface area (Å²) in [7, 11) is 0. The number of fused-ring (bicyclic) bond motifs is 7. The Morgan fingerprint density at radius 2 is 0.796 bits per heavy atom. The molecule has 0 saturated carbocycles. The van der Waals surface area contributed by atoms with Gasteiger partial charge in [-0.1, -0.05) is 133 Å². The smallest absolute Gasteiger partial charge is 0.160 e. The predicted molar refractivity (Wildman–Crippen MR) is 225 cm³/mol. The molecule has 0 N–H and O–H groups in total. The lowest BCUT2D eigenvalue weighted by Gasteiger charge is -2.12.